The zero-order valence-corrected chi connectivity index (χ0v) is 12.0. The molecule has 3 aromatic heterocycles. The fourth-order valence-corrected chi connectivity index (χ4v) is 2.67. The zero-order chi connectivity index (χ0) is 15.9. The van der Waals surface area contributed by atoms with Crippen LogP contribution in [0.3, 0.4) is 0 Å². The van der Waals surface area contributed by atoms with Gasteiger partial charge < -0.3 is 5.32 Å². The van der Waals surface area contributed by atoms with Crippen LogP contribution in [0.15, 0.2) is 29.9 Å². The molecule has 0 unspecified atom stereocenters. The molecule has 3 aromatic rings. The Hall–Kier alpha value is -2.42. The average Bonchev–Trinajstić information content (AvgIpc) is 3.01. The van der Waals surface area contributed by atoms with Gasteiger partial charge >= 0.3 is 6.18 Å². The summed E-state index contributed by atoms with van der Waals surface area (Å²) in [4.78, 5) is 20.4. The standard InChI is InChI=1S/C13H9F3N4OS/c1-7-6-22-12-18-9(5-20(7)12)11(21)19-10-3-2-8(4-17-10)13(14,15)16/h2-6H,1H3,(H,17,19,21). The van der Waals surface area contributed by atoms with Gasteiger partial charge in [-0.25, -0.2) is 9.97 Å². The molecule has 22 heavy (non-hydrogen) atoms. The number of hydrogen-bond donors (Lipinski definition) is 1. The number of fused-ring (bicyclic) bond motifs is 1. The highest BCUT2D eigenvalue weighted by Gasteiger charge is 2.30. The molecular weight excluding hydrogens is 317 g/mol. The number of alkyl halides is 3. The first-order chi connectivity index (χ1) is 10.3. The van der Waals surface area contributed by atoms with Gasteiger partial charge in [-0.2, -0.15) is 13.2 Å². The third kappa shape index (κ3) is 2.67. The molecule has 0 radical (unpaired) electrons. The third-order valence-corrected chi connectivity index (χ3v) is 3.91. The van der Waals surface area contributed by atoms with Crippen LogP contribution >= 0.6 is 11.3 Å². The molecule has 114 valence electrons. The fourth-order valence-electron chi connectivity index (χ4n) is 1.82. The number of hydrogen-bond acceptors (Lipinski definition) is 4. The molecular formula is C13H9F3N4OS. The highest BCUT2D eigenvalue weighted by molar-refractivity contribution is 7.15. The van der Waals surface area contributed by atoms with E-state index in [1.807, 2.05) is 12.3 Å². The van der Waals surface area contributed by atoms with Crippen molar-refractivity contribution < 1.29 is 18.0 Å². The van der Waals surface area contributed by atoms with E-state index in [1.54, 1.807) is 10.6 Å². The van der Waals surface area contributed by atoms with E-state index in [9.17, 15) is 18.0 Å². The van der Waals surface area contributed by atoms with Gasteiger partial charge in [0.2, 0.25) is 0 Å². The van der Waals surface area contributed by atoms with Crippen LogP contribution in [0, 0.1) is 6.92 Å². The molecule has 0 aromatic carbocycles. The molecule has 0 spiro atoms. The molecule has 3 heterocycles. The Morgan fingerprint density at radius 3 is 2.73 bits per heavy atom. The topological polar surface area (TPSA) is 59.3 Å². The fraction of sp³-hybridized carbons (Fsp3) is 0.154. The van der Waals surface area contributed by atoms with Crippen LogP contribution in [0.2, 0.25) is 0 Å². The molecule has 0 aliphatic rings. The van der Waals surface area contributed by atoms with E-state index in [-0.39, 0.29) is 11.5 Å². The number of nitrogens with one attached hydrogen (secondary N) is 1. The van der Waals surface area contributed by atoms with Crippen molar-refractivity contribution in [2.24, 2.45) is 0 Å². The van der Waals surface area contributed by atoms with Crippen molar-refractivity contribution in [3.63, 3.8) is 0 Å². The quantitative estimate of drug-likeness (QED) is 0.785. The molecule has 0 fully saturated rings. The molecule has 0 aliphatic carbocycles. The van der Waals surface area contributed by atoms with E-state index in [0.717, 1.165) is 17.8 Å². The minimum atomic E-state index is -4.46. The van der Waals surface area contributed by atoms with Gasteiger partial charge in [0.05, 0.1) is 5.56 Å². The van der Waals surface area contributed by atoms with Gasteiger partial charge in [0.1, 0.15) is 11.5 Å². The molecule has 3 rings (SSSR count). The summed E-state index contributed by atoms with van der Waals surface area (Å²) in [7, 11) is 0. The molecule has 0 saturated heterocycles. The van der Waals surface area contributed by atoms with Crippen LogP contribution in [0.5, 0.6) is 0 Å². The second-order valence-electron chi connectivity index (χ2n) is 4.54. The van der Waals surface area contributed by atoms with E-state index in [2.05, 4.69) is 15.3 Å². The van der Waals surface area contributed by atoms with E-state index in [0.29, 0.717) is 11.2 Å². The number of anilines is 1. The van der Waals surface area contributed by atoms with Crippen molar-refractivity contribution >= 4 is 28.0 Å². The number of aromatic nitrogens is 3. The average molecular weight is 326 g/mol. The molecule has 5 nitrogen and oxygen atoms in total. The summed E-state index contributed by atoms with van der Waals surface area (Å²) < 4.78 is 39.0. The predicted molar refractivity (Wildman–Crippen MR) is 75.0 cm³/mol. The monoisotopic (exact) mass is 326 g/mol. The molecule has 0 aliphatic heterocycles. The van der Waals surface area contributed by atoms with Gasteiger partial charge in [0.25, 0.3) is 5.91 Å². The van der Waals surface area contributed by atoms with Gasteiger partial charge in [-0.05, 0) is 19.1 Å². The summed E-state index contributed by atoms with van der Waals surface area (Å²) in [5.41, 5.74) is 0.250. The van der Waals surface area contributed by atoms with Crippen LogP contribution < -0.4 is 5.32 Å². The number of amides is 1. The first-order valence-corrected chi connectivity index (χ1v) is 7.00. The Bertz CT molecular complexity index is 835. The van der Waals surface area contributed by atoms with Crippen molar-refractivity contribution in [2.45, 2.75) is 13.1 Å². The van der Waals surface area contributed by atoms with Crippen LogP contribution in [0.1, 0.15) is 21.7 Å². The Kier molecular flexibility index (Phi) is 3.36. The highest BCUT2D eigenvalue weighted by Crippen LogP contribution is 2.28. The lowest BCUT2D eigenvalue weighted by molar-refractivity contribution is -0.137. The minimum absolute atomic E-state index is 0.0334. The van der Waals surface area contributed by atoms with E-state index in [1.165, 1.54) is 11.3 Å². The Labute approximate surface area is 126 Å². The van der Waals surface area contributed by atoms with Crippen LogP contribution in [-0.4, -0.2) is 20.3 Å². The number of carbonyl (C=O) groups excluding carboxylic acids is 1. The first kappa shape index (κ1) is 14.5. The van der Waals surface area contributed by atoms with E-state index < -0.39 is 17.6 Å². The molecule has 9 heteroatoms. The smallest absolute Gasteiger partial charge is 0.305 e. The molecule has 0 bridgehead atoms. The maximum Gasteiger partial charge on any atom is 0.417 e. The van der Waals surface area contributed by atoms with E-state index in [4.69, 9.17) is 0 Å². The summed E-state index contributed by atoms with van der Waals surface area (Å²) >= 11 is 1.39. The summed E-state index contributed by atoms with van der Waals surface area (Å²) in [5, 5.41) is 4.32. The number of aryl methyl sites for hydroxylation is 1. The number of nitrogens with zero attached hydrogens (tertiary/aromatic N) is 3. The van der Waals surface area contributed by atoms with Gasteiger partial charge in [0.15, 0.2) is 4.96 Å². The second kappa shape index (κ2) is 5.09. The number of pyridine rings is 1. The Morgan fingerprint density at radius 2 is 2.14 bits per heavy atom. The van der Waals surface area contributed by atoms with Gasteiger partial charge in [0, 0.05) is 23.5 Å². The minimum Gasteiger partial charge on any atom is -0.305 e. The van der Waals surface area contributed by atoms with Gasteiger partial charge in [-0.3, -0.25) is 9.20 Å². The molecule has 1 N–H and O–H groups in total. The largest absolute Gasteiger partial charge is 0.417 e. The summed E-state index contributed by atoms with van der Waals surface area (Å²) in [6.07, 6.45) is -2.21. The van der Waals surface area contributed by atoms with Crippen molar-refractivity contribution in [3.8, 4) is 0 Å². The normalized spacial score (nSPS) is 11.8. The summed E-state index contributed by atoms with van der Waals surface area (Å²) in [6.45, 7) is 1.88. The number of imidazole rings is 1. The summed E-state index contributed by atoms with van der Waals surface area (Å²) in [5.74, 6) is -0.492. The lowest BCUT2D eigenvalue weighted by Gasteiger charge is -2.07. The van der Waals surface area contributed by atoms with Crippen molar-refractivity contribution in [2.75, 3.05) is 5.32 Å². The lowest BCUT2D eigenvalue weighted by Crippen LogP contribution is -2.14. The maximum absolute atomic E-state index is 12.4. The summed E-state index contributed by atoms with van der Waals surface area (Å²) in [6, 6.07) is 1.96. The van der Waals surface area contributed by atoms with Crippen molar-refractivity contribution in [1.29, 1.82) is 0 Å². The lowest BCUT2D eigenvalue weighted by atomic mass is 10.3. The van der Waals surface area contributed by atoms with Gasteiger partial charge in [-0.15, -0.1) is 11.3 Å². The number of carbonyl (C=O) groups is 1. The maximum atomic E-state index is 12.4. The van der Waals surface area contributed by atoms with Crippen LogP contribution in [0.25, 0.3) is 4.96 Å². The third-order valence-electron chi connectivity index (χ3n) is 2.95. The molecule has 0 atom stereocenters. The first-order valence-electron chi connectivity index (χ1n) is 6.12. The van der Waals surface area contributed by atoms with Crippen molar-refractivity contribution in [1.82, 2.24) is 14.4 Å². The number of halogens is 3. The second-order valence-corrected chi connectivity index (χ2v) is 5.38. The zero-order valence-electron chi connectivity index (χ0n) is 11.2. The van der Waals surface area contributed by atoms with Crippen LogP contribution in [0.4, 0.5) is 19.0 Å². The molecule has 1 amide bonds. The van der Waals surface area contributed by atoms with E-state index >= 15 is 0 Å². The SMILES string of the molecule is Cc1csc2nc(C(=O)Nc3ccc(C(F)(F)F)cn3)cn12. The molecule has 0 saturated carbocycles. The highest BCUT2D eigenvalue weighted by atomic mass is 32.1. The Morgan fingerprint density at radius 1 is 1.36 bits per heavy atom. The predicted octanol–water partition coefficient (Wildman–Crippen LogP) is 3.37. The Balaban J connectivity index is 1.78. The number of rotatable bonds is 2. The van der Waals surface area contributed by atoms with Crippen molar-refractivity contribution in [3.05, 3.63) is 46.9 Å². The van der Waals surface area contributed by atoms with Crippen LogP contribution in [-0.2, 0) is 6.18 Å². The number of thiazole rings is 1. The van der Waals surface area contributed by atoms with Gasteiger partial charge in [-0.1, -0.05) is 0 Å².